The van der Waals surface area contributed by atoms with E-state index in [1.807, 2.05) is 24.3 Å². The molecule has 1 aliphatic rings. The summed E-state index contributed by atoms with van der Waals surface area (Å²) in [7, 11) is 0. The van der Waals surface area contributed by atoms with Crippen LogP contribution < -0.4 is 5.32 Å². The van der Waals surface area contributed by atoms with Crippen molar-refractivity contribution in [1.29, 1.82) is 0 Å². The minimum absolute atomic E-state index is 0.232. The van der Waals surface area contributed by atoms with E-state index < -0.39 is 0 Å². The van der Waals surface area contributed by atoms with Gasteiger partial charge in [0.05, 0.1) is 0 Å². The molecule has 0 spiro atoms. The van der Waals surface area contributed by atoms with Gasteiger partial charge in [0.15, 0.2) is 0 Å². The maximum atomic E-state index is 6.27. The van der Waals surface area contributed by atoms with E-state index in [-0.39, 0.29) is 6.04 Å². The van der Waals surface area contributed by atoms with Gasteiger partial charge < -0.3 is 5.32 Å². The predicted octanol–water partition coefficient (Wildman–Crippen LogP) is 5.33. The number of benzene rings is 2. The van der Waals surface area contributed by atoms with Gasteiger partial charge in [-0.3, -0.25) is 0 Å². The molecule has 2 atom stereocenters. The van der Waals surface area contributed by atoms with Crippen LogP contribution in [0.5, 0.6) is 0 Å². The van der Waals surface area contributed by atoms with Crippen LogP contribution in [0.15, 0.2) is 42.5 Å². The lowest BCUT2D eigenvalue weighted by Crippen LogP contribution is -2.23. The molecule has 2 aromatic carbocycles. The van der Waals surface area contributed by atoms with Crippen molar-refractivity contribution in [2.75, 3.05) is 0 Å². The van der Waals surface area contributed by atoms with Crippen LogP contribution >= 0.6 is 23.2 Å². The van der Waals surface area contributed by atoms with Crippen LogP contribution in [0.2, 0.25) is 10.0 Å². The summed E-state index contributed by atoms with van der Waals surface area (Å²) < 4.78 is 0. The Balaban J connectivity index is 1.79. The summed E-state index contributed by atoms with van der Waals surface area (Å²) in [6.45, 7) is 2.16. The zero-order chi connectivity index (χ0) is 14.1. The second-order valence-electron chi connectivity index (χ2n) is 5.34. The number of aryl methyl sites for hydroxylation is 1. The lowest BCUT2D eigenvalue weighted by molar-refractivity contribution is 0.465. The largest absolute Gasteiger partial charge is 0.303 e. The molecule has 0 aromatic heterocycles. The zero-order valence-corrected chi connectivity index (χ0v) is 12.9. The van der Waals surface area contributed by atoms with Crippen LogP contribution in [-0.4, -0.2) is 0 Å². The molecule has 1 aliphatic carbocycles. The Labute approximate surface area is 129 Å². The summed E-state index contributed by atoms with van der Waals surface area (Å²) in [5.41, 5.74) is 3.88. The molecule has 104 valence electrons. The highest BCUT2D eigenvalue weighted by atomic mass is 35.5. The fourth-order valence-electron chi connectivity index (χ4n) is 2.98. The fraction of sp³-hybridized carbons (Fsp3) is 0.294. The van der Waals surface area contributed by atoms with E-state index in [9.17, 15) is 0 Å². The number of fused-ring (bicyclic) bond motifs is 1. The van der Waals surface area contributed by atoms with Crippen molar-refractivity contribution in [1.82, 2.24) is 5.32 Å². The van der Waals surface area contributed by atoms with E-state index in [4.69, 9.17) is 23.2 Å². The molecule has 0 fully saturated rings. The third kappa shape index (κ3) is 2.71. The van der Waals surface area contributed by atoms with Crippen molar-refractivity contribution in [3.8, 4) is 0 Å². The van der Waals surface area contributed by atoms with Gasteiger partial charge >= 0.3 is 0 Å². The van der Waals surface area contributed by atoms with Crippen molar-refractivity contribution in [2.45, 2.75) is 31.8 Å². The lowest BCUT2D eigenvalue weighted by Gasteiger charge is -2.21. The van der Waals surface area contributed by atoms with E-state index in [0.29, 0.717) is 6.04 Å². The first-order valence-corrected chi connectivity index (χ1v) is 7.69. The SMILES string of the molecule is CC(NC1CCc2cc(Cl)ccc21)c1ccccc1Cl. The van der Waals surface area contributed by atoms with Gasteiger partial charge in [0.2, 0.25) is 0 Å². The number of hydrogen-bond acceptors (Lipinski definition) is 1. The Kier molecular flexibility index (Phi) is 4.02. The molecule has 3 heteroatoms. The van der Waals surface area contributed by atoms with E-state index in [0.717, 1.165) is 28.5 Å². The highest BCUT2D eigenvalue weighted by Crippen LogP contribution is 2.35. The van der Waals surface area contributed by atoms with Crippen molar-refractivity contribution < 1.29 is 0 Å². The number of hydrogen-bond donors (Lipinski definition) is 1. The monoisotopic (exact) mass is 305 g/mol. The van der Waals surface area contributed by atoms with E-state index >= 15 is 0 Å². The molecule has 1 N–H and O–H groups in total. The van der Waals surface area contributed by atoms with Crippen LogP contribution in [0.4, 0.5) is 0 Å². The fourth-order valence-corrected chi connectivity index (χ4v) is 3.47. The Bertz CT molecular complexity index is 624. The van der Waals surface area contributed by atoms with Gasteiger partial charge in [-0.05, 0) is 54.7 Å². The van der Waals surface area contributed by atoms with Gasteiger partial charge in [-0.25, -0.2) is 0 Å². The highest BCUT2D eigenvalue weighted by Gasteiger charge is 2.24. The molecule has 0 aliphatic heterocycles. The quantitative estimate of drug-likeness (QED) is 0.808. The zero-order valence-electron chi connectivity index (χ0n) is 11.4. The van der Waals surface area contributed by atoms with Gasteiger partial charge in [0, 0.05) is 22.1 Å². The van der Waals surface area contributed by atoms with E-state index in [1.165, 1.54) is 11.1 Å². The summed E-state index contributed by atoms with van der Waals surface area (Å²) in [6.07, 6.45) is 2.20. The molecule has 0 saturated heterocycles. The maximum absolute atomic E-state index is 6.27. The van der Waals surface area contributed by atoms with Crippen molar-refractivity contribution >= 4 is 23.2 Å². The number of nitrogens with one attached hydrogen (secondary N) is 1. The maximum Gasteiger partial charge on any atom is 0.0453 e. The lowest BCUT2D eigenvalue weighted by atomic mass is 10.0. The summed E-state index contributed by atoms with van der Waals surface area (Å²) in [5.74, 6) is 0. The number of halogens is 2. The van der Waals surface area contributed by atoms with E-state index in [1.54, 1.807) is 0 Å². The summed E-state index contributed by atoms with van der Waals surface area (Å²) in [5, 5.41) is 5.33. The minimum atomic E-state index is 0.232. The van der Waals surface area contributed by atoms with Crippen molar-refractivity contribution in [3.05, 3.63) is 69.2 Å². The molecule has 2 aromatic rings. The highest BCUT2D eigenvalue weighted by molar-refractivity contribution is 6.31. The van der Waals surface area contributed by atoms with Crippen molar-refractivity contribution in [3.63, 3.8) is 0 Å². The molecule has 20 heavy (non-hydrogen) atoms. The summed E-state index contributed by atoms with van der Waals surface area (Å²) in [4.78, 5) is 0. The van der Waals surface area contributed by atoms with Gasteiger partial charge in [-0.2, -0.15) is 0 Å². The average molecular weight is 306 g/mol. The van der Waals surface area contributed by atoms with Crippen LogP contribution in [0.1, 0.15) is 42.1 Å². The van der Waals surface area contributed by atoms with Crippen LogP contribution in [0, 0.1) is 0 Å². The van der Waals surface area contributed by atoms with Crippen LogP contribution in [0.3, 0.4) is 0 Å². The Morgan fingerprint density at radius 3 is 2.75 bits per heavy atom. The molecule has 0 bridgehead atoms. The first kappa shape index (κ1) is 13.9. The smallest absolute Gasteiger partial charge is 0.0453 e. The van der Waals surface area contributed by atoms with Crippen molar-refractivity contribution in [2.24, 2.45) is 0 Å². The number of rotatable bonds is 3. The molecule has 0 saturated carbocycles. The third-order valence-electron chi connectivity index (χ3n) is 4.01. The molecule has 2 unspecified atom stereocenters. The second kappa shape index (κ2) is 5.77. The first-order valence-electron chi connectivity index (χ1n) is 6.94. The molecule has 0 amide bonds. The topological polar surface area (TPSA) is 12.0 Å². The van der Waals surface area contributed by atoms with Crippen LogP contribution in [0.25, 0.3) is 0 Å². The average Bonchev–Trinajstić information content (AvgIpc) is 2.81. The molecule has 0 radical (unpaired) electrons. The first-order chi connectivity index (χ1) is 9.65. The standard InChI is InChI=1S/C17H17Cl2N/c1-11(14-4-2-3-5-16(14)19)20-17-9-6-12-10-13(18)7-8-15(12)17/h2-5,7-8,10-11,17,20H,6,9H2,1H3. The minimum Gasteiger partial charge on any atom is -0.303 e. The molecule has 3 rings (SSSR count). The Morgan fingerprint density at radius 1 is 1.15 bits per heavy atom. The van der Waals surface area contributed by atoms with Gasteiger partial charge in [-0.15, -0.1) is 0 Å². The Morgan fingerprint density at radius 2 is 1.95 bits per heavy atom. The molecule has 0 heterocycles. The summed E-state index contributed by atoms with van der Waals surface area (Å²) in [6, 6.07) is 14.8. The van der Waals surface area contributed by atoms with Gasteiger partial charge in [-0.1, -0.05) is 47.5 Å². The normalized spacial score (nSPS) is 18.9. The Hall–Kier alpha value is -1.02. The predicted molar refractivity (Wildman–Crippen MR) is 85.5 cm³/mol. The van der Waals surface area contributed by atoms with Gasteiger partial charge in [0.1, 0.15) is 0 Å². The van der Waals surface area contributed by atoms with Crippen LogP contribution in [-0.2, 0) is 6.42 Å². The van der Waals surface area contributed by atoms with E-state index in [2.05, 4.69) is 30.4 Å². The molecule has 1 nitrogen and oxygen atoms in total. The van der Waals surface area contributed by atoms with Gasteiger partial charge in [0.25, 0.3) is 0 Å². The summed E-state index contributed by atoms with van der Waals surface area (Å²) >= 11 is 12.3. The second-order valence-corrected chi connectivity index (χ2v) is 6.19. The molecular formula is C17H17Cl2N. The third-order valence-corrected chi connectivity index (χ3v) is 4.59. The molecular weight excluding hydrogens is 289 g/mol.